The number of nitrogens with zero attached hydrogens (tertiary/aromatic N) is 4. The van der Waals surface area contributed by atoms with Gasteiger partial charge >= 0.3 is 12.0 Å². The molecule has 35 heavy (non-hydrogen) atoms. The number of rotatable bonds is 9. The van der Waals surface area contributed by atoms with Crippen molar-refractivity contribution in [3.05, 3.63) is 22.5 Å². The van der Waals surface area contributed by atoms with Crippen LogP contribution in [0.25, 0.3) is 0 Å². The number of nitro groups is 1. The predicted octanol–water partition coefficient (Wildman–Crippen LogP) is 0.318. The Kier molecular flexibility index (Phi) is 8.77. The molecule has 1 aromatic heterocycles. The molecule has 1 aliphatic heterocycles. The lowest BCUT2D eigenvalue weighted by Crippen LogP contribution is -2.63. The number of hydrogen-bond donors (Lipinski definition) is 3. The van der Waals surface area contributed by atoms with Gasteiger partial charge in [0.15, 0.2) is 0 Å². The Labute approximate surface area is 202 Å². The Morgan fingerprint density at radius 1 is 1.31 bits per heavy atom. The van der Waals surface area contributed by atoms with E-state index in [1.807, 2.05) is 0 Å². The van der Waals surface area contributed by atoms with E-state index in [4.69, 9.17) is 4.74 Å². The molecule has 3 N–H and O–H groups in total. The van der Waals surface area contributed by atoms with Crippen LogP contribution in [0.1, 0.15) is 47.0 Å². The number of carbonyl (C=O) groups is 4. The molecule has 1 fully saturated rings. The highest BCUT2D eigenvalue weighted by Gasteiger charge is 2.47. The zero-order valence-electron chi connectivity index (χ0n) is 20.6. The fourth-order valence-electron chi connectivity index (χ4n) is 3.82. The number of likely N-dealkylation sites (N-methyl/N-ethyl adjacent to an activating group) is 1. The van der Waals surface area contributed by atoms with Crippen molar-refractivity contribution in [2.24, 2.45) is 0 Å². The topological polar surface area (TPSA) is 178 Å². The molecule has 1 aromatic rings. The fourth-order valence-corrected chi connectivity index (χ4v) is 3.82. The number of likely N-dealkylation sites (tertiary alicyclic amines) is 1. The van der Waals surface area contributed by atoms with E-state index in [0.717, 1.165) is 0 Å². The molecule has 2 heterocycles. The number of aryl methyl sites for hydroxylation is 1. The highest BCUT2D eigenvalue weighted by Crippen LogP contribution is 2.23. The van der Waals surface area contributed by atoms with Crippen molar-refractivity contribution in [3.8, 4) is 0 Å². The molecular formula is C21H33N7O7. The average molecular weight is 496 g/mol. The number of hydrogen-bond acceptors (Lipinski definition) is 8. The molecule has 4 amide bonds. The molecule has 14 nitrogen and oxygen atoms in total. The monoisotopic (exact) mass is 495 g/mol. The second-order valence-electron chi connectivity index (χ2n) is 9.36. The average Bonchev–Trinajstić information content (AvgIpc) is 3.39. The number of carbonyl (C=O) groups excluding carboxylic acids is 4. The standard InChI is InChI=1S/C21H33N7O7/c1-14(29)27-11-8-21(13-27,17(31)22-5)25-16(30)15(24-19(32)35-20(2,3)4)7-6-10-26-12-9-23-18(26)28(33)34/h9,12,15H,6-8,10-11,13H2,1-5H3,(H,22,31)(H,24,32)(H,25,30)/t15-,21?/m0/s1. The summed E-state index contributed by atoms with van der Waals surface area (Å²) in [6.45, 7) is 6.87. The first-order valence-corrected chi connectivity index (χ1v) is 11.2. The second kappa shape index (κ2) is 11.1. The minimum atomic E-state index is -1.35. The molecule has 0 bridgehead atoms. The van der Waals surface area contributed by atoms with Crippen LogP contribution >= 0.6 is 0 Å². The van der Waals surface area contributed by atoms with Gasteiger partial charge in [-0.15, -0.1) is 0 Å². The minimum Gasteiger partial charge on any atom is -0.444 e. The van der Waals surface area contributed by atoms with Crippen LogP contribution in [-0.2, 0) is 25.7 Å². The summed E-state index contributed by atoms with van der Waals surface area (Å²) in [4.78, 5) is 65.8. The summed E-state index contributed by atoms with van der Waals surface area (Å²) in [6, 6.07) is -1.10. The van der Waals surface area contributed by atoms with Gasteiger partial charge in [-0.1, -0.05) is 4.98 Å². The third kappa shape index (κ3) is 7.39. The van der Waals surface area contributed by atoms with Gasteiger partial charge in [-0.2, -0.15) is 0 Å². The van der Waals surface area contributed by atoms with E-state index < -0.39 is 40.0 Å². The van der Waals surface area contributed by atoms with E-state index in [1.54, 1.807) is 20.8 Å². The molecule has 2 rings (SSSR count). The van der Waals surface area contributed by atoms with Gasteiger partial charge in [0.05, 0.1) is 13.1 Å². The van der Waals surface area contributed by atoms with Crippen molar-refractivity contribution in [2.45, 2.75) is 70.7 Å². The largest absolute Gasteiger partial charge is 0.444 e. The first-order valence-electron chi connectivity index (χ1n) is 11.2. The third-order valence-corrected chi connectivity index (χ3v) is 5.49. The van der Waals surface area contributed by atoms with Crippen LogP contribution in [0.5, 0.6) is 0 Å². The molecule has 0 aromatic carbocycles. The normalized spacial score (nSPS) is 18.5. The summed E-state index contributed by atoms with van der Waals surface area (Å²) in [5, 5.41) is 18.9. The summed E-state index contributed by atoms with van der Waals surface area (Å²) in [5.41, 5.74) is -2.16. The molecule has 0 saturated carbocycles. The van der Waals surface area contributed by atoms with Crippen molar-refractivity contribution in [1.82, 2.24) is 30.4 Å². The van der Waals surface area contributed by atoms with Gasteiger partial charge in [0, 0.05) is 20.5 Å². The van der Waals surface area contributed by atoms with E-state index in [0.29, 0.717) is 0 Å². The van der Waals surface area contributed by atoms with Gasteiger partial charge in [0.2, 0.25) is 17.7 Å². The van der Waals surface area contributed by atoms with Crippen molar-refractivity contribution < 1.29 is 28.8 Å². The SMILES string of the molecule is CNC(=O)C1(NC(=O)[C@H](CCCn2ccnc2[N+](=O)[O-])NC(=O)OC(C)(C)C)CCN(C(C)=O)C1. The van der Waals surface area contributed by atoms with E-state index in [1.165, 1.54) is 35.8 Å². The van der Waals surface area contributed by atoms with Gasteiger partial charge < -0.3 is 35.7 Å². The molecule has 194 valence electrons. The summed E-state index contributed by atoms with van der Waals surface area (Å²) in [6.07, 6.45) is 2.51. The molecule has 1 saturated heterocycles. The quantitative estimate of drug-likeness (QED) is 0.324. The molecule has 1 unspecified atom stereocenters. The zero-order valence-corrected chi connectivity index (χ0v) is 20.6. The van der Waals surface area contributed by atoms with Crippen LogP contribution in [0.4, 0.5) is 10.7 Å². The number of aromatic nitrogens is 2. The smallest absolute Gasteiger partial charge is 0.434 e. The molecule has 2 atom stereocenters. The Bertz CT molecular complexity index is 971. The highest BCUT2D eigenvalue weighted by atomic mass is 16.6. The second-order valence-corrected chi connectivity index (χ2v) is 9.36. The highest BCUT2D eigenvalue weighted by molar-refractivity contribution is 5.95. The van der Waals surface area contributed by atoms with Crippen molar-refractivity contribution in [3.63, 3.8) is 0 Å². The predicted molar refractivity (Wildman–Crippen MR) is 123 cm³/mol. The third-order valence-electron chi connectivity index (χ3n) is 5.49. The number of amides is 4. The van der Waals surface area contributed by atoms with Gasteiger partial charge in [0.1, 0.15) is 29.6 Å². The summed E-state index contributed by atoms with van der Waals surface area (Å²) >= 11 is 0. The van der Waals surface area contributed by atoms with E-state index in [2.05, 4.69) is 20.9 Å². The number of imidazole rings is 1. The van der Waals surface area contributed by atoms with Crippen molar-refractivity contribution in [2.75, 3.05) is 20.1 Å². The Balaban J connectivity index is 2.18. The lowest BCUT2D eigenvalue weighted by molar-refractivity contribution is -0.396. The Morgan fingerprint density at radius 2 is 2.00 bits per heavy atom. The number of nitrogens with one attached hydrogen (secondary N) is 3. The van der Waals surface area contributed by atoms with Gasteiger partial charge in [-0.3, -0.25) is 14.4 Å². The van der Waals surface area contributed by atoms with Crippen LogP contribution in [0.3, 0.4) is 0 Å². The first-order chi connectivity index (χ1) is 16.3. The first kappa shape index (κ1) is 27.5. The van der Waals surface area contributed by atoms with Crippen LogP contribution < -0.4 is 16.0 Å². The van der Waals surface area contributed by atoms with E-state index in [-0.39, 0.29) is 50.8 Å². The lowest BCUT2D eigenvalue weighted by atomic mass is 9.96. The molecule has 0 spiro atoms. The minimum absolute atomic E-state index is 0.00582. The van der Waals surface area contributed by atoms with Crippen LogP contribution in [-0.4, -0.2) is 80.5 Å². The maximum absolute atomic E-state index is 13.3. The number of ether oxygens (including phenoxy) is 1. The van der Waals surface area contributed by atoms with Gasteiger partial charge in [-0.25, -0.2) is 9.36 Å². The molecule has 14 heteroatoms. The summed E-state index contributed by atoms with van der Waals surface area (Å²) in [5.74, 6) is -1.65. The maximum Gasteiger partial charge on any atom is 0.434 e. The number of alkyl carbamates (subject to hydrolysis) is 1. The van der Waals surface area contributed by atoms with Crippen molar-refractivity contribution in [1.29, 1.82) is 0 Å². The molecule has 1 aliphatic rings. The molecule has 0 aliphatic carbocycles. The summed E-state index contributed by atoms with van der Waals surface area (Å²) in [7, 11) is 1.43. The Morgan fingerprint density at radius 3 is 2.54 bits per heavy atom. The van der Waals surface area contributed by atoms with Gasteiger partial charge in [0.25, 0.3) is 0 Å². The van der Waals surface area contributed by atoms with E-state index in [9.17, 15) is 29.3 Å². The van der Waals surface area contributed by atoms with Crippen LogP contribution in [0, 0.1) is 10.1 Å². The summed E-state index contributed by atoms with van der Waals surface area (Å²) < 4.78 is 6.60. The molecule has 0 radical (unpaired) electrons. The fraction of sp³-hybridized carbons (Fsp3) is 0.667. The Hall–Kier alpha value is -3.71. The van der Waals surface area contributed by atoms with Crippen molar-refractivity contribution >= 4 is 29.8 Å². The van der Waals surface area contributed by atoms with Crippen LogP contribution in [0.15, 0.2) is 12.4 Å². The lowest BCUT2D eigenvalue weighted by Gasteiger charge is -2.31. The van der Waals surface area contributed by atoms with E-state index >= 15 is 0 Å². The van der Waals surface area contributed by atoms with Gasteiger partial charge in [-0.05, 0) is 45.0 Å². The zero-order chi connectivity index (χ0) is 26.4. The molecular weight excluding hydrogens is 462 g/mol. The van der Waals surface area contributed by atoms with Crippen LogP contribution in [0.2, 0.25) is 0 Å². The maximum atomic E-state index is 13.3.